The molecule has 1 aromatic carbocycles. The Kier molecular flexibility index (Phi) is 5.14. The predicted molar refractivity (Wildman–Crippen MR) is 139 cm³/mol. The van der Waals surface area contributed by atoms with Gasteiger partial charge in [0.05, 0.1) is 5.54 Å². The minimum Gasteiger partial charge on any atom is -0.332 e. The second-order valence-electron chi connectivity index (χ2n) is 13.7. The Balaban J connectivity index is 1.28. The number of rotatable bonds is 2. The molecule has 3 nitrogen and oxygen atoms in total. The van der Waals surface area contributed by atoms with E-state index >= 15 is 0 Å². The number of fused-ring (bicyclic) bond motifs is 7. The third-order valence-electron chi connectivity index (χ3n) is 12.8. The van der Waals surface area contributed by atoms with Gasteiger partial charge >= 0.3 is 0 Å². The van der Waals surface area contributed by atoms with Crippen LogP contribution in [-0.2, 0) is 5.54 Å². The van der Waals surface area contributed by atoms with Gasteiger partial charge in [0.15, 0.2) is 0 Å². The molecule has 1 spiro atoms. The van der Waals surface area contributed by atoms with Crippen molar-refractivity contribution in [2.75, 3.05) is 21.1 Å². The molecule has 0 unspecified atom stereocenters. The van der Waals surface area contributed by atoms with Crippen LogP contribution in [-0.4, -0.2) is 42.9 Å². The molecule has 5 aliphatic rings. The van der Waals surface area contributed by atoms with Crippen molar-refractivity contribution in [2.45, 2.75) is 90.1 Å². The number of carbonyl (C=O) groups is 1. The van der Waals surface area contributed by atoms with Crippen molar-refractivity contribution in [3.05, 3.63) is 35.4 Å². The van der Waals surface area contributed by atoms with Gasteiger partial charge in [0, 0.05) is 18.7 Å². The lowest BCUT2D eigenvalue weighted by Crippen LogP contribution is -2.57. The number of benzene rings is 1. The van der Waals surface area contributed by atoms with Crippen LogP contribution in [0.2, 0.25) is 0 Å². The van der Waals surface area contributed by atoms with Crippen molar-refractivity contribution >= 4 is 5.91 Å². The van der Waals surface area contributed by atoms with Crippen LogP contribution in [0.4, 0.5) is 0 Å². The minimum atomic E-state index is -0.0620. The monoisotopic (exact) mass is 462 g/mol. The van der Waals surface area contributed by atoms with Crippen molar-refractivity contribution in [3.63, 3.8) is 0 Å². The predicted octanol–water partition coefficient (Wildman–Crippen LogP) is 6.58. The minimum absolute atomic E-state index is 0.0620. The number of hydrogen-bond donors (Lipinski definition) is 0. The second-order valence-corrected chi connectivity index (χ2v) is 13.7. The summed E-state index contributed by atoms with van der Waals surface area (Å²) in [5, 5.41) is 0. The molecule has 0 N–H and O–H groups in total. The van der Waals surface area contributed by atoms with Crippen molar-refractivity contribution in [3.8, 4) is 0 Å². The summed E-state index contributed by atoms with van der Waals surface area (Å²) in [5.74, 6) is 4.56. The van der Waals surface area contributed by atoms with Crippen molar-refractivity contribution < 1.29 is 4.79 Å². The first-order valence-electron chi connectivity index (χ1n) is 14.2. The van der Waals surface area contributed by atoms with E-state index in [9.17, 15) is 4.79 Å². The molecule has 0 radical (unpaired) electrons. The van der Waals surface area contributed by atoms with E-state index in [-0.39, 0.29) is 11.4 Å². The first-order chi connectivity index (χ1) is 16.1. The second kappa shape index (κ2) is 7.58. The topological polar surface area (TPSA) is 23.6 Å². The lowest BCUT2D eigenvalue weighted by atomic mass is 9.43. The number of nitrogens with zero attached hydrogens (tertiary/aromatic N) is 2. The van der Waals surface area contributed by atoms with Crippen LogP contribution in [0.25, 0.3) is 0 Å². The van der Waals surface area contributed by atoms with E-state index in [1.807, 2.05) is 6.07 Å². The van der Waals surface area contributed by atoms with Gasteiger partial charge in [0.25, 0.3) is 5.91 Å². The molecule has 4 saturated carbocycles. The van der Waals surface area contributed by atoms with Gasteiger partial charge in [-0.2, -0.15) is 0 Å². The van der Waals surface area contributed by atoms with Gasteiger partial charge in [0.2, 0.25) is 0 Å². The van der Waals surface area contributed by atoms with Crippen LogP contribution in [0.15, 0.2) is 24.3 Å². The molecule has 0 saturated heterocycles. The van der Waals surface area contributed by atoms with E-state index in [0.717, 1.165) is 41.6 Å². The quantitative estimate of drug-likeness (QED) is 0.496. The summed E-state index contributed by atoms with van der Waals surface area (Å²) in [6, 6.07) is 9.17. The average molecular weight is 463 g/mol. The third kappa shape index (κ3) is 2.83. The summed E-state index contributed by atoms with van der Waals surface area (Å²) in [5.41, 5.74) is 3.19. The van der Waals surface area contributed by atoms with Crippen LogP contribution in [0.5, 0.6) is 0 Å². The van der Waals surface area contributed by atoms with Crippen LogP contribution >= 0.6 is 0 Å². The fourth-order valence-electron chi connectivity index (χ4n) is 10.6. The average Bonchev–Trinajstić information content (AvgIpc) is 3.28. The SMILES string of the molecule is C[C@@H]([C@H]1CC[C@H]2[C@H]3CC[C@H]4C[C@]5(CC[C@]4(C)[C@@H]3CC[C@]12C)c1ccccc1C(=O)N5C)N(C)C. The van der Waals surface area contributed by atoms with E-state index < -0.39 is 0 Å². The molecule has 1 amide bonds. The maximum absolute atomic E-state index is 13.2. The first kappa shape index (κ1) is 23.1. The maximum Gasteiger partial charge on any atom is 0.254 e. The van der Waals surface area contributed by atoms with E-state index in [2.05, 4.69) is 69.9 Å². The molecule has 9 atom stereocenters. The summed E-state index contributed by atoms with van der Waals surface area (Å²) in [7, 11) is 6.63. The Bertz CT molecular complexity index is 987. The highest BCUT2D eigenvalue weighted by Gasteiger charge is 2.63. The van der Waals surface area contributed by atoms with Crippen LogP contribution in [0.3, 0.4) is 0 Å². The summed E-state index contributed by atoms with van der Waals surface area (Å²) in [6.07, 6.45) is 12.1. The molecule has 4 fully saturated rings. The van der Waals surface area contributed by atoms with Crippen LogP contribution < -0.4 is 0 Å². The van der Waals surface area contributed by atoms with Crippen molar-refractivity contribution in [1.29, 1.82) is 0 Å². The lowest BCUT2D eigenvalue weighted by Gasteiger charge is -2.63. The molecule has 3 heteroatoms. The van der Waals surface area contributed by atoms with Gasteiger partial charge in [-0.1, -0.05) is 32.0 Å². The third-order valence-corrected chi connectivity index (χ3v) is 12.8. The Morgan fingerprint density at radius 3 is 2.44 bits per heavy atom. The molecule has 6 rings (SSSR count). The van der Waals surface area contributed by atoms with E-state index in [1.165, 1.54) is 56.9 Å². The highest BCUT2D eigenvalue weighted by molar-refractivity contribution is 5.99. The molecular formula is C31H46N2O. The summed E-state index contributed by atoms with van der Waals surface area (Å²) in [4.78, 5) is 17.8. The Labute approximate surface area is 207 Å². The van der Waals surface area contributed by atoms with Gasteiger partial charge in [-0.05, 0) is 131 Å². The number of hydrogen-bond acceptors (Lipinski definition) is 2. The highest BCUT2D eigenvalue weighted by atomic mass is 16.2. The lowest BCUT2D eigenvalue weighted by molar-refractivity contribution is -0.134. The molecule has 34 heavy (non-hydrogen) atoms. The van der Waals surface area contributed by atoms with Crippen molar-refractivity contribution in [1.82, 2.24) is 9.80 Å². The fourth-order valence-corrected chi connectivity index (χ4v) is 10.6. The van der Waals surface area contributed by atoms with E-state index in [0.29, 0.717) is 16.9 Å². The van der Waals surface area contributed by atoms with Gasteiger partial charge in [-0.25, -0.2) is 0 Å². The van der Waals surface area contributed by atoms with E-state index in [4.69, 9.17) is 0 Å². The largest absolute Gasteiger partial charge is 0.332 e. The van der Waals surface area contributed by atoms with Gasteiger partial charge in [-0.15, -0.1) is 0 Å². The maximum atomic E-state index is 13.2. The Morgan fingerprint density at radius 2 is 1.68 bits per heavy atom. The summed E-state index contributed by atoms with van der Waals surface area (Å²) >= 11 is 0. The standard InChI is InChI=1S/C31H46N2O/c1-20(32(4)5)24-13-14-25-22-12-11-21-19-31(27-10-8-7-9-23(27)28(34)33(31)6)18-17-29(21,2)26(22)15-16-30(24,25)3/h7-10,20-22,24-26H,11-19H2,1-6H3/t20-,21-,22+,24+,25-,26+,29-,30+,31+/m0/s1. The highest BCUT2D eigenvalue weighted by Crippen LogP contribution is 2.69. The molecule has 1 aromatic rings. The summed E-state index contributed by atoms with van der Waals surface area (Å²) in [6.45, 7) is 7.81. The Hall–Kier alpha value is -1.35. The number of amides is 1. The van der Waals surface area contributed by atoms with Gasteiger partial charge in [-0.3, -0.25) is 4.79 Å². The zero-order valence-corrected chi connectivity index (χ0v) is 22.4. The van der Waals surface area contributed by atoms with Crippen LogP contribution in [0.1, 0.15) is 94.5 Å². The molecule has 0 aromatic heterocycles. The molecule has 186 valence electrons. The zero-order chi connectivity index (χ0) is 24.0. The van der Waals surface area contributed by atoms with Crippen LogP contribution in [0, 0.1) is 40.4 Å². The zero-order valence-electron chi connectivity index (χ0n) is 22.4. The summed E-state index contributed by atoms with van der Waals surface area (Å²) < 4.78 is 0. The molecule has 0 bridgehead atoms. The van der Waals surface area contributed by atoms with E-state index in [1.54, 1.807) is 0 Å². The fraction of sp³-hybridized carbons (Fsp3) is 0.774. The Morgan fingerprint density at radius 1 is 0.941 bits per heavy atom. The molecule has 1 aliphatic heterocycles. The molecular weight excluding hydrogens is 416 g/mol. The molecule has 4 aliphatic carbocycles. The van der Waals surface area contributed by atoms with Gasteiger partial charge < -0.3 is 9.80 Å². The smallest absolute Gasteiger partial charge is 0.254 e. The van der Waals surface area contributed by atoms with Gasteiger partial charge in [0.1, 0.15) is 0 Å². The first-order valence-corrected chi connectivity index (χ1v) is 14.2. The molecule has 1 heterocycles. The normalized spacial score (nSPS) is 46.3. The number of carbonyl (C=O) groups excluding carboxylic acids is 1. The van der Waals surface area contributed by atoms with Crippen molar-refractivity contribution in [2.24, 2.45) is 40.4 Å².